The number of ether oxygens (including phenoxy) is 3. The number of methoxy groups -OCH3 is 3. The number of amides is 2. The Morgan fingerprint density at radius 1 is 1.00 bits per heavy atom. The zero-order valence-corrected chi connectivity index (χ0v) is 16.9. The molecule has 29 heavy (non-hydrogen) atoms. The lowest BCUT2D eigenvalue weighted by atomic mass is 10.1. The minimum atomic E-state index is -0.815. The predicted octanol–water partition coefficient (Wildman–Crippen LogP) is 2.50. The number of nitrogens with zero attached hydrogens (tertiary/aromatic N) is 1. The number of rotatable bonds is 6. The minimum Gasteiger partial charge on any atom is -0.493 e. The Morgan fingerprint density at radius 3 is 2.28 bits per heavy atom. The lowest BCUT2D eigenvalue weighted by molar-refractivity contribution is -0.118. The molecule has 3 rings (SSSR count). The molecule has 1 N–H and O–H groups in total. The van der Waals surface area contributed by atoms with Gasteiger partial charge in [-0.3, -0.25) is 19.3 Å². The zero-order chi connectivity index (χ0) is 21.3. The molecule has 8 heteroatoms. The second-order valence-electron chi connectivity index (χ2n) is 6.63. The van der Waals surface area contributed by atoms with Gasteiger partial charge in [-0.15, -0.1) is 0 Å². The van der Waals surface area contributed by atoms with Gasteiger partial charge >= 0.3 is 0 Å². The van der Waals surface area contributed by atoms with Crippen molar-refractivity contribution >= 4 is 29.0 Å². The monoisotopic (exact) mass is 398 g/mol. The van der Waals surface area contributed by atoms with Crippen LogP contribution < -0.4 is 24.4 Å². The smallest absolute Gasteiger partial charge is 0.300 e. The van der Waals surface area contributed by atoms with Crippen LogP contribution in [0, 0.1) is 13.8 Å². The van der Waals surface area contributed by atoms with Gasteiger partial charge in [-0.05, 0) is 25.5 Å². The summed E-state index contributed by atoms with van der Waals surface area (Å²) >= 11 is 0. The van der Waals surface area contributed by atoms with Crippen molar-refractivity contribution in [1.29, 1.82) is 0 Å². The largest absolute Gasteiger partial charge is 0.493 e. The van der Waals surface area contributed by atoms with Crippen molar-refractivity contribution in [2.75, 3.05) is 38.1 Å². The average molecular weight is 398 g/mol. The van der Waals surface area contributed by atoms with Gasteiger partial charge in [-0.1, -0.05) is 17.7 Å². The Balaban J connectivity index is 1.95. The molecule has 0 fully saturated rings. The molecule has 0 aromatic heterocycles. The van der Waals surface area contributed by atoms with E-state index in [4.69, 9.17) is 14.2 Å². The molecule has 0 aliphatic carbocycles. The van der Waals surface area contributed by atoms with Crippen LogP contribution in [-0.4, -0.2) is 45.5 Å². The van der Waals surface area contributed by atoms with Crippen molar-refractivity contribution in [3.63, 3.8) is 0 Å². The highest BCUT2D eigenvalue weighted by Crippen LogP contribution is 2.47. The van der Waals surface area contributed by atoms with Crippen LogP contribution in [0.5, 0.6) is 17.2 Å². The van der Waals surface area contributed by atoms with Crippen molar-refractivity contribution in [2.45, 2.75) is 13.8 Å². The second-order valence-corrected chi connectivity index (χ2v) is 6.63. The highest BCUT2D eigenvalue weighted by atomic mass is 16.5. The van der Waals surface area contributed by atoms with Gasteiger partial charge in [0.15, 0.2) is 11.5 Å². The van der Waals surface area contributed by atoms with E-state index in [1.807, 2.05) is 26.0 Å². The van der Waals surface area contributed by atoms with E-state index < -0.39 is 17.6 Å². The molecule has 0 bridgehead atoms. The maximum atomic E-state index is 12.6. The first-order valence-corrected chi connectivity index (χ1v) is 8.88. The van der Waals surface area contributed by atoms with E-state index in [0.29, 0.717) is 5.69 Å². The molecule has 152 valence electrons. The first-order valence-electron chi connectivity index (χ1n) is 8.88. The fraction of sp³-hybridized carbons (Fsp3) is 0.286. The number of hydrogen-bond acceptors (Lipinski definition) is 6. The highest BCUT2D eigenvalue weighted by Gasteiger charge is 2.42. The molecule has 2 aromatic rings. The Hall–Kier alpha value is -3.55. The maximum Gasteiger partial charge on any atom is 0.300 e. The van der Waals surface area contributed by atoms with Crippen molar-refractivity contribution < 1.29 is 28.6 Å². The number of Topliss-reactive ketones (excluding diaryl/α,β-unsaturated/α-hetero) is 1. The molecule has 1 aliphatic heterocycles. The van der Waals surface area contributed by atoms with E-state index >= 15 is 0 Å². The Kier molecular flexibility index (Phi) is 5.45. The summed E-state index contributed by atoms with van der Waals surface area (Å²) in [5, 5.41) is 2.78. The van der Waals surface area contributed by atoms with Crippen LogP contribution in [0.25, 0.3) is 0 Å². The molecule has 1 heterocycles. The third kappa shape index (κ3) is 3.49. The second kappa shape index (κ2) is 7.83. The normalized spacial score (nSPS) is 12.7. The minimum absolute atomic E-state index is 0.0504. The van der Waals surface area contributed by atoms with Crippen LogP contribution in [0.15, 0.2) is 24.3 Å². The van der Waals surface area contributed by atoms with Gasteiger partial charge in [0.2, 0.25) is 11.7 Å². The molecule has 0 unspecified atom stereocenters. The van der Waals surface area contributed by atoms with E-state index in [2.05, 4.69) is 5.32 Å². The molecular weight excluding hydrogens is 376 g/mol. The van der Waals surface area contributed by atoms with Crippen LogP contribution in [0.1, 0.15) is 21.5 Å². The van der Waals surface area contributed by atoms with Crippen LogP contribution >= 0.6 is 0 Å². The fourth-order valence-electron chi connectivity index (χ4n) is 3.36. The van der Waals surface area contributed by atoms with E-state index in [0.717, 1.165) is 16.0 Å². The lowest BCUT2D eigenvalue weighted by Gasteiger charge is -2.19. The molecule has 0 saturated carbocycles. The van der Waals surface area contributed by atoms with Crippen LogP contribution in [0.3, 0.4) is 0 Å². The van der Waals surface area contributed by atoms with Crippen molar-refractivity contribution in [3.05, 3.63) is 41.0 Å². The van der Waals surface area contributed by atoms with Gasteiger partial charge in [-0.2, -0.15) is 0 Å². The molecule has 2 amide bonds. The first-order chi connectivity index (χ1) is 13.8. The summed E-state index contributed by atoms with van der Waals surface area (Å²) in [5.41, 5.74) is 2.90. The SMILES string of the molecule is COc1cc2c(c(OC)c1OC)C(=O)C(=O)N2CC(=O)Nc1ccc(C)cc1C. The van der Waals surface area contributed by atoms with E-state index in [9.17, 15) is 14.4 Å². The molecule has 2 aromatic carbocycles. The lowest BCUT2D eigenvalue weighted by Crippen LogP contribution is -2.37. The van der Waals surface area contributed by atoms with Crippen LogP contribution in [0.2, 0.25) is 0 Å². The summed E-state index contributed by atoms with van der Waals surface area (Å²) in [7, 11) is 4.20. The quantitative estimate of drug-likeness (QED) is 0.752. The van der Waals surface area contributed by atoms with Gasteiger partial charge in [0.25, 0.3) is 11.7 Å². The maximum absolute atomic E-state index is 12.6. The van der Waals surface area contributed by atoms with Crippen molar-refractivity contribution in [2.24, 2.45) is 0 Å². The number of aryl methyl sites for hydroxylation is 2. The summed E-state index contributed by atoms with van der Waals surface area (Å²) in [5.74, 6) is -1.43. The molecule has 1 aliphatic rings. The topological polar surface area (TPSA) is 94.2 Å². The molecule has 0 atom stereocenters. The Morgan fingerprint density at radius 2 is 1.69 bits per heavy atom. The van der Waals surface area contributed by atoms with Gasteiger partial charge in [0.1, 0.15) is 6.54 Å². The Bertz CT molecular complexity index is 1010. The third-order valence-corrected chi connectivity index (χ3v) is 4.72. The number of nitrogens with one attached hydrogen (secondary N) is 1. The van der Waals surface area contributed by atoms with Crippen molar-refractivity contribution in [3.8, 4) is 17.2 Å². The zero-order valence-electron chi connectivity index (χ0n) is 16.9. The summed E-state index contributed by atoms with van der Waals surface area (Å²) in [6.45, 7) is 3.51. The molecule has 0 radical (unpaired) electrons. The van der Waals surface area contributed by atoms with Gasteiger partial charge in [-0.25, -0.2) is 0 Å². The number of benzene rings is 2. The van der Waals surface area contributed by atoms with Gasteiger partial charge < -0.3 is 19.5 Å². The predicted molar refractivity (Wildman–Crippen MR) is 107 cm³/mol. The molecular formula is C21H22N2O6. The summed E-state index contributed by atoms with van der Waals surface area (Å²) < 4.78 is 15.9. The number of carbonyl (C=O) groups is 3. The number of hydrogen-bond donors (Lipinski definition) is 1. The number of carbonyl (C=O) groups excluding carboxylic acids is 3. The number of fused-ring (bicyclic) bond motifs is 1. The van der Waals surface area contributed by atoms with Crippen LogP contribution in [0.4, 0.5) is 11.4 Å². The van der Waals surface area contributed by atoms with Crippen molar-refractivity contribution in [1.82, 2.24) is 0 Å². The van der Waals surface area contributed by atoms with E-state index in [1.54, 1.807) is 6.07 Å². The third-order valence-electron chi connectivity index (χ3n) is 4.72. The Labute approximate surface area is 168 Å². The van der Waals surface area contributed by atoms with Gasteiger partial charge in [0, 0.05) is 11.8 Å². The van der Waals surface area contributed by atoms with Gasteiger partial charge in [0.05, 0.1) is 32.6 Å². The van der Waals surface area contributed by atoms with E-state index in [-0.39, 0.29) is 35.0 Å². The standard InChI is InChI=1S/C21H22N2O6/c1-11-6-7-13(12(2)8-11)22-16(24)10-23-14-9-15(27-3)19(28-4)20(29-5)17(14)18(25)21(23)26/h6-9H,10H2,1-5H3,(H,22,24). The number of anilines is 2. The van der Waals surface area contributed by atoms with Crippen LogP contribution in [-0.2, 0) is 9.59 Å². The molecule has 0 saturated heterocycles. The average Bonchev–Trinajstić information content (AvgIpc) is 2.93. The summed E-state index contributed by atoms with van der Waals surface area (Å²) in [6.07, 6.45) is 0. The molecule has 8 nitrogen and oxygen atoms in total. The number of ketones is 1. The van der Waals surface area contributed by atoms with E-state index in [1.165, 1.54) is 27.4 Å². The first kappa shape index (κ1) is 20.2. The molecule has 0 spiro atoms. The fourth-order valence-corrected chi connectivity index (χ4v) is 3.36. The summed E-state index contributed by atoms with van der Waals surface area (Å²) in [4.78, 5) is 38.9. The summed E-state index contributed by atoms with van der Waals surface area (Å²) in [6, 6.07) is 7.11. The highest BCUT2D eigenvalue weighted by molar-refractivity contribution is 6.53.